The number of aromatic nitrogens is 2. The van der Waals surface area contributed by atoms with Crippen LogP contribution in [0.3, 0.4) is 0 Å². The van der Waals surface area contributed by atoms with Gasteiger partial charge in [-0.25, -0.2) is 4.98 Å². The van der Waals surface area contributed by atoms with Gasteiger partial charge in [0.15, 0.2) is 0 Å². The number of rotatable bonds is 4. The maximum absolute atomic E-state index is 12.6. The van der Waals surface area contributed by atoms with E-state index in [0.29, 0.717) is 25.2 Å². The average molecular weight is 388 g/mol. The van der Waals surface area contributed by atoms with Gasteiger partial charge >= 0.3 is 0 Å². The molecular weight excluding hydrogens is 364 g/mol. The second kappa shape index (κ2) is 7.54. The van der Waals surface area contributed by atoms with Crippen molar-refractivity contribution in [1.29, 1.82) is 0 Å². The first-order valence-corrected chi connectivity index (χ1v) is 9.68. The Morgan fingerprint density at radius 3 is 3.00 bits per heavy atom. The van der Waals surface area contributed by atoms with Gasteiger partial charge in [-0.3, -0.25) is 9.59 Å². The monoisotopic (exact) mass is 388 g/mol. The molecular formula is C23H24N4O2. The van der Waals surface area contributed by atoms with E-state index in [4.69, 9.17) is 0 Å². The highest BCUT2D eigenvalue weighted by atomic mass is 16.2. The topological polar surface area (TPSA) is 67.2 Å². The number of pyridine rings is 1. The van der Waals surface area contributed by atoms with Crippen LogP contribution in [0, 0.1) is 6.92 Å². The Morgan fingerprint density at radius 2 is 2.17 bits per heavy atom. The minimum atomic E-state index is -0.0680. The van der Waals surface area contributed by atoms with Crippen LogP contribution in [0.1, 0.15) is 28.7 Å². The lowest BCUT2D eigenvalue weighted by atomic mass is 10.0. The number of carbonyl (C=O) groups is 2. The summed E-state index contributed by atoms with van der Waals surface area (Å²) in [7, 11) is 3.84. The second-order valence-corrected chi connectivity index (χ2v) is 7.59. The molecule has 0 aliphatic carbocycles. The Labute approximate surface area is 169 Å². The van der Waals surface area contributed by atoms with E-state index in [0.717, 1.165) is 16.7 Å². The molecule has 0 spiro atoms. The fraction of sp³-hybridized carbons (Fsp3) is 0.261. The quantitative estimate of drug-likeness (QED) is 0.696. The fourth-order valence-corrected chi connectivity index (χ4v) is 3.85. The summed E-state index contributed by atoms with van der Waals surface area (Å²) in [6.07, 6.45) is 8.24. The summed E-state index contributed by atoms with van der Waals surface area (Å²) in [6.45, 7) is 2.64. The zero-order valence-corrected chi connectivity index (χ0v) is 16.9. The van der Waals surface area contributed by atoms with Crippen molar-refractivity contribution in [2.24, 2.45) is 7.05 Å². The molecule has 6 nitrogen and oxygen atoms in total. The summed E-state index contributed by atoms with van der Waals surface area (Å²) < 4.78 is 2.10. The molecule has 0 radical (unpaired) electrons. The minimum absolute atomic E-state index is 0.00577. The maximum atomic E-state index is 12.6. The summed E-state index contributed by atoms with van der Waals surface area (Å²) >= 11 is 0. The van der Waals surface area contributed by atoms with Gasteiger partial charge in [0.25, 0.3) is 0 Å². The average Bonchev–Trinajstić information content (AvgIpc) is 3.02. The number of aryl methyl sites for hydroxylation is 3. The highest BCUT2D eigenvalue weighted by Gasteiger charge is 2.16. The summed E-state index contributed by atoms with van der Waals surface area (Å²) in [5, 5.41) is 3.98. The predicted molar refractivity (Wildman–Crippen MR) is 114 cm³/mol. The van der Waals surface area contributed by atoms with Gasteiger partial charge in [-0.2, -0.15) is 0 Å². The van der Waals surface area contributed by atoms with E-state index in [1.165, 1.54) is 16.5 Å². The number of amides is 2. The van der Waals surface area contributed by atoms with E-state index in [1.54, 1.807) is 23.2 Å². The number of likely N-dealkylation sites (N-methyl/N-ethyl adjacent to an activating group) is 1. The summed E-state index contributed by atoms with van der Waals surface area (Å²) in [5.41, 5.74) is 5.36. The van der Waals surface area contributed by atoms with Crippen molar-refractivity contribution in [2.45, 2.75) is 26.3 Å². The molecule has 1 N–H and O–H groups in total. The Morgan fingerprint density at radius 1 is 1.34 bits per heavy atom. The van der Waals surface area contributed by atoms with Crippen molar-refractivity contribution in [1.82, 2.24) is 14.5 Å². The smallest absolute Gasteiger partial charge is 0.246 e. The largest absolute Gasteiger partial charge is 0.350 e. The van der Waals surface area contributed by atoms with Crippen LogP contribution >= 0.6 is 0 Å². The van der Waals surface area contributed by atoms with Gasteiger partial charge < -0.3 is 14.8 Å². The van der Waals surface area contributed by atoms with Crippen LogP contribution < -0.4 is 5.32 Å². The van der Waals surface area contributed by atoms with E-state index in [-0.39, 0.29) is 11.8 Å². The van der Waals surface area contributed by atoms with Crippen LogP contribution in [0.5, 0.6) is 0 Å². The SMILES string of the molecule is Cc1cccc2c1c(CN(C)C(=O)/C=C/c1cnc3c(c1)CCC(=O)N3)cn2C. The number of hydrogen-bond acceptors (Lipinski definition) is 3. The van der Waals surface area contributed by atoms with E-state index in [1.807, 2.05) is 20.2 Å². The van der Waals surface area contributed by atoms with Crippen molar-refractivity contribution < 1.29 is 9.59 Å². The molecule has 3 aromatic rings. The molecule has 3 heterocycles. The first kappa shape index (κ1) is 18.9. The number of nitrogens with one attached hydrogen (secondary N) is 1. The lowest BCUT2D eigenvalue weighted by Crippen LogP contribution is -2.24. The molecule has 1 aliphatic rings. The van der Waals surface area contributed by atoms with Gasteiger partial charge in [0.05, 0.1) is 0 Å². The Hall–Kier alpha value is -3.41. The third-order valence-electron chi connectivity index (χ3n) is 5.37. The molecule has 6 heteroatoms. The predicted octanol–water partition coefficient (Wildman–Crippen LogP) is 3.44. The number of hydrogen-bond donors (Lipinski definition) is 1. The van der Waals surface area contributed by atoms with Crippen LogP contribution in [-0.4, -0.2) is 33.3 Å². The molecule has 29 heavy (non-hydrogen) atoms. The molecule has 4 rings (SSSR count). The van der Waals surface area contributed by atoms with Gasteiger partial charge in [0.1, 0.15) is 5.82 Å². The van der Waals surface area contributed by atoms with Crippen LogP contribution in [0.4, 0.5) is 5.82 Å². The molecule has 0 atom stereocenters. The number of carbonyl (C=O) groups excluding carboxylic acids is 2. The van der Waals surface area contributed by atoms with Crippen molar-refractivity contribution in [3.05, 3.63) is 65.0 Å². The number of fused-ring (bicyclic) bond motifs is 2. The van der Waals surface area contributed by atoms with E-state index in [9.17, 15) is 9.59 Å². The van der Waals surface area contributed by atoms with Gasteiger partial charge in [-0.1, -0.05) is 12.1 Å². The van der Waals surface area contributed by atoms with Crippen molar-refractivity contribution >= 4 is 34.6 Å². The van der Waals surface area contributed by atoms with Crippen LogP contribution in [0.2, 0.25) is 0 Å². The Kier molecular flexibility index (Phi) is 4.92. The molecule has 1 aromatic carbocycles. The number of nitrogens with zero attached hydrogens (tertiary/aromatic N) is 3. The lowest BCUT2D eigenvalue weighted by molar-refractivity contribution is -0.125. The lowest BCUT2D eigenvalue weighted by Gasteiger charge is -2.16. The van der Waals surface area contributed by atoms with Gasteiger partial charge in [0.2, 0.25) is 11.8 Å². The summed E-state index contributed by atoms with van der Waals surface area (Å²) in [4.78, 5) is 30.1. The minimum Gasteiger partial charge on any atom is -0.350 e. The molecule has 0 saturated heterocycles. The van der Waals surface area contributed by atoms with Crippen LogP contribution in [-0.2, 0) is 29.6 Å². The van der Waals surface area contributed by atoms with Crippen LogP contribution in [0.15, 0.2) is 42.7 Å². The molecule has 0 fully saturated rings. The highest BCUT2D eigenvalue weighted by molar-refractivity contribution is 5.94. The second-order valence-electron chi connectivity index (χ2n) is 7.59. The highest BCUT2D eigenvalue weighted by Crippen LogP contribution is 2.25. The molecule has 0 bridgehead atoms. The summed E-state index contributed by atoms with van der Waals surface area (Å²) in [6, 6.07) is 8.22. The third kappa shape index (κ3) is 3.78. The Balaban J connectivity index is 1.49. The fourth-order valence-electron chi connectivity index (χ4n) is 3.85. The molecule has 2 aromatic heterocycles. The van der Waals surface area contributed by atoms with Gasteiger partial charge in [-0.05, 0) is 53.8 Å². The maximum Gasteiger partial charge on any atom is 0.246 e. The molecule has 1 aliphatic heterocycles. The first-order chi connectivity index (χ1) is 13.9. The van der Waals surface area contributed by atoms with Gasteiger partial charge in [-0.15, -0.1) is 0 Å². The third-order valence-corrected chi connectivity index (χ3v) is 5.37. The summed E-state index contributed by atoms with van der Waals surface area (Å²) in [5.74, 6) is 0.545. The van der Waals surface area contributed by atoms with Crippen LogP contribution in [0.25, 0.3) is 17.0 Å². The standard InChI is InChI=1S/C23H24N4O2/c1-15-5-4-6-19-22(15)18(13-26(19)2)14-27(3)21(29)10-7-16-11-17-8-9-20(28)25-23(17)24-12-16/h4-7,10-13H,8-9,14H2,1-3H3,(H,24,25,28)/b10-7+. The number of anilines is 1. The molecule has 2 amide bonds. The van der Waals surface area contributed by atoms with E-state index < -0.39 is 0 Å². The first-order valence-electron chi connectivity index (χ1n) is 9.68. The normalized spacial score (nSPS) is 13.6. The molecule has 148 valence electrons. The zero-order valence-electron chi connectivity index (χ0n) is 16.9. The van der Waals surface area contributed by atoms with E-state index >= 15 is 0 Å². The molecule has 0 saturated carbocycles. The van der Waals surface area contributed by atoms with Crippen molar-refractivity contribution in [2.75, 3.05) is 12.4 Å². The van der Waals surface area contributed by atoms with Gasteiger partial charge in [0, 0.05) is 56.4 Å². The number of benzene rings is 1. The van der Waals surface area contributed by atoms with Crippen molar-refractivity contribution in [3.8, 4) is 0 Å². The van der Waals surface area contributed by atoms with Crippen molar-refractivity contribution in [3.63, 3.8) is 0 Å². The Bertz CT molecular complexity index is 1140. The molecule has 0 unspecified atom stereocenters. The van der Waals surface area contributed by atoms with E-state index in [2.05, 4.69) is 46.2 Å². The zero-order chi connectivity index (χ0) is 20.5.